The number of nitrogens with zero attached hydrogens (tertiary/aromatic N) is 1. The Morgan fingerprint density at radius 2 is 2.04 bits per heavy atom. The molecule has 1 atom stereocenters. The molecule has 0 aliphatic carbocycles. The first-order valence-electron chi connectivity index (χ1n) is 8.13. The van der Waals surface area contributed by atoms with E-state index >= 15 is 0 Å². The van der Waals surface area contributed by atoms with Gasteiger partial charge in [-0.3, -0.25) is 9.59 Å². The molecule has 7 nitrogen and oxygen atoms in total. The third-order valence-corrected chi connectivity index (χ3v) is 4.22. The fourth-order valence-corrected chi connectivity index (χ4v) is 2.79. The number of hydrogen-bond donors (Lipinski definition) is 3. The van der Waals surface area contributed by atoms with Crippen LogP contribution >= 0.6 is 0 Å². The Morgan fingerprint density at radius 1 is 1.32 bits per heavy atom. The predicted octanol–water partition coefficient (Wildman–Crippen LogP) is 1.46. The van der Waals surface area contributed by atoms with Gasteiger partial charge in [-0.15, -0.1) is 0 Å². The Labute approximate surface area is 146 Å². The van der Waals surface area contributed by atoms with Gasteiger partial charge in [0.25, 0.3) is 0 Å². The number of carbonyl (C=O) groups excluding carboxylic acids is 2. The first kappa shape index (κ1) is 18.5. The highest BCUT2D eigenvalue weighted by Crippen LogP contribution is 2.22. The van der Waals surface area contributed by atoms with Gasteiger partial charge in [-0.25, -0.2) is 4.79 Å². The molecule has 1 heterocycles. The Morgan fingerprint density at radius 3 is 2.68 bits per heavy atom. The van der Waals surface area contributed by atoms with Crippen LogP contribution in [0.5, 0.6) is 0 Å². The Balaban J connectivity index is 2.18. The van der Waals surface area contributed by atoms with E-state index in [2.05, 4.69) is 10.3 Å². The number of aromatic nitrogens is 1. The number of aliphatic carboxylic acids is 1. The Bertz CT molecular complexity index is 797. The molecule has 0 saturated heterocycles. The maximum Gasteiger partial charge on any atom is 0.326 e. The van der Waals surface area contributed by atoms with E-state index in [1.807, 2.05) is 25.1 Å². The number of carboxylic acid groups (broad SMARTS) is 1. The van der Waals surface area contributed by atoms with Crippen molar-refractivity contribution in [3.8, 4) is 0 Å². The topological polar surface area (TPSA) is 103 Å². The zero-order chi connectivity index (χ0) is 18.6. The average Bonchev–Trinajstić information content (AvgIpc) is 2.95. The number of rotatable bonds is 7. The molecule has 2 rings (SSSR count). The van der Waals surface area contributed by atoms with Gasteiger partial charge >= 0.3 is 5.97 Å². The summed E-state index contributed by atoms with van der Waals surface area (Å²) in [5.74, 6) is -1.59. The highest BCUT2D eigenvalue weighted by atomic mass is 16.4. The zero-order valence-electron chi connectivity index (χ0n) is 14.6. The number of hydrogen-bond acceptors (Lipinski definition) is 3. The zero-order valence-corrected chi connectivity index (χ0v) is 14.6. The van der Waals surface area contributed by atoms with Crippen molar-refractivity contribution in [1.82, 2.24) is 15.2 Å². The van der Waals surface area contributed by atoms with Gasteiger partial charge in [0.1, 0.15) is 6.04 Å². The predicted molar refractivity (Wildman–Crippen MR) is 94.2 cm³/mol. The van der Waals surface area contributed by atoms with Crippen LogP contribution in [0.25, 0.3) is 10.9 Å². The summed E-state index contributed by atoms with van der Waals surface area (Å²) in [4.78, 5) is 39.5. The molecule has 2 aromatic rings. The third kappa shape index (κ3) is 4.37. The minimum atomic E-state index is -1.08. The van der Waals surface area contributed by atoms with Gasteiger partial charge in [0, 0.05) is 37.1 Å². The molecule has 134 valence electrons. The van der Waals surface area contributed by atoms with Crippen molar-refractivity contribution in [2.45, 2.75) is 33.2 Å². The molecule has 0 fully saturated rings. The van der Waals surface area contributed by atoms with E-state index in [0.717, 1.165) is 22.0 Å². The lowest BCUT2D eigenvalue weighted by molar-refractivity contribution is -0.149. The van der Waals surface area contributed by atoms with Gasteiger partial charge in [-0.2, -0.15) is 0 Å². The minimum Gasteiger partial charge on any atom is -0.480 e. The second-order valence-electron chi connectivity index (χ2n) is 6.07. The number of carbonyl (C=O) groups is 3. The quantitative estimate of drug-likeness (QED) is 0.707. The molecule has 0 radical (unpaired) electrons. The number of H-pyrrole nitrogens is 1. The summed E-state index contributed by atoms with van der Waals surface area (Å²) in [6, 6.07) is 4.88. The fourth-order valence-electron chi connectivity index (χ4n) is 2.79. The van der Waals surface area contributed by atoms with Gasteiger partial charge in [-0.1, -0.05) is 18.2 Å². The van der Waals surface area contributed by atoms with Gasteiger partial charge in [0.15, 0.2) is 0 Å². The van der Waals surface area contributed by atoms with Crippen molar-refractivity contribution in [3.63, 3.8) is 0 Å². The average molecular weight is 345 g/mol. The fraction of sp³-hybridized carbons (Fsp3) is 0.389. The summed E-state index contributed by atoms with van der Waals surface area (Å²) in [6.45, 7) is 5.18. The summed E-state index contributed by atoms with van der Waals surface area (Å²) >= 11 is 0. The van der Waals surface area contributed by atoms with Crippen LogP contribution in [0.4, 0.5) is 0 Å². The van der Waals surface area contributed by atoms with E-state index in [4.69, 9.17) is 0 Å². The van der Waals surface area contributed by atoms with E-state index in [0.29, 0.717) is 0 Å². The van der Waals surface area contributed by atoms with Crippen LogP contribution in [0, 0.1) is 6.92 Å². The van der Waals surface area contributed by atoms with Crippen molar-refractivity contribution in [1.29, 1.82) is 0 Å². The maximum absolute atomic E-state index is 12.7. The number of aryl methyl sites for hydroxylation is 1. The maximum atomic E-state index is 12.7. The van der Waals surface area contributed by atoms with Crippen LogP contribution in [0.3, 0.4) is 0 Å². The molecular formula is C18H23N3O4. The molecule has 0 saturated carbocycles. The summed E-state index contributed by atoms with van der Waals surface area (Å²) in [7, 11) is 0. The summed E-state index contributed by atoms with van der Waals surface area (Å²) in [6.07, 6.45) is 1.88. The van der Waals surface area contributed by atoms with E-state index in [9.17, 15) is 19.5 Å². The number of nitrogens with one attached hydrogen (secondary N) is 2. The molecule has 7 heteroatoms. The third-order valence-electron chi connectivity index (χ3n) is 4.22. The molecule has 0 spiro atoms. The van der Waals surface area contributed by atoms with Crippen LogP contribution in [0.2, 0.25) is 0 Å². The first-order valence-corrected chi connectivity index (χ1v) is 8.13. The van der Waals surface area contributed by atoms with Gasteiger partial charge in [0.2, 0.25) is 11.8 Å². The molecule has 3 N–H and O–H groups in total. The molecule has 0 aliphatic heterocycles. The van der Waals surface area contributed by atoms with Crippen molar-refractivity contribution in [3.05, 3.63) is 35.5 Å². The molecule has 2 amide bonds. The monoisotopic (exact) mass is 345 g/mol. The molecule has 25 heavy (non-hydrogen) atoms. The first-order chi connectivity index (χ1) is 11.8. The van der Waals surface area contributed by atoms with Crippen LogP contribution in [0.15, 0.2) is 24.4 Å². The second-order valence-corrected chi connectivity index (χ2v) is 6.07. The normalized spacial score (nSPS) is 12.0. The van der Waals surface area contributed by atoms with E-state index in [1.165, 1.54) is 18.7 Å². The standard InChI is InChI=1S/C18H23N3O4/c1-11-5-4-6-15-14(10-20-17(11)15)9-16(23)21(12(2)18(24)25)8-7-19-13(3)22/h4-6,10,12,20H,7-9H2,1-3H3,(H,19,22)(H,24,25). The highest BCUT2D eigenvalue weighted by molar-refractivity contribution is 5.91. The lowest BCUT2D eigenvalue weighted by Gasteiger charge is -2.26. The number of amides is 2. The summed E-state index contributed by atoms with van der Waals surface area (Å²) < 4.78 is 0. The molecule has 0 aliphatic rings. The highest BCUT2D eigenvalue weighted by Gasteiger charge is 2.26. The Kier molecular flexibility index (Phi) is 5.80. The summed E-state index contributed by atoms with van der Waals surface area (Å²) in [5, 5.41) is 12.8. The lowest BCUT2D eigenvalue weighted by atomic mass is 10.1. The smallest absolute Gasteiger partial charge is 0.326 e. The SMILES string of the molecule is CC(=O)NCCN(C(=O)Cc1c[nH]c2c(C)cccc12)C(C)C(=O)O. The van der Waals surface area contributed by atoms with Gasteiger partial charge in [0.05, 0.1) is 6.42 Å². The van der Waals surface area contributed by atoms with Crippen LogP contribution in [0.1, 0.15) is 25.0 Å². The van der Waals surface area contributed by atoms with E-state index in [-0.39, 0.29) is 31.3 Å². The number of carboxylic acids is 1. The number of fused-ring (bicyclic) bond motifs is 1. The van der Waals surface area contributed by atoms with Crippen LogP contribution < -0.4 is 5.32 Å². The van der Waals surface area contributed by atoms with E-state index in [1.54, 1.807) is 6.20 Å². The number of para-hydroxylation sites is 1. The van der Waals surface area contributed by atoms with Crippen molar-refractivity contribution in [2.75, 3.05) is 13.1 Å². The molecule has 1 aromatic carbocycles. The van der Waals surface area contributed by atoms with Crippen molar-refractivity contribution < 1.29 is 19.5 Å². The molecule has 1 aromatic heterocycles. The van der Waals surface area contributed by atoms with Crippen molar-refractivity contribution in [2.24, 2.45) is 0 Å². The molecule has 0 bridgehead atoms. The minimum absolute atomic E-state index is 0.0984. The van der Waals surface area contributed by atoms with Gasteiger partial charge in [-0.05, 0) is 25.0 Å². The largest absolute Gasteiger partial charge is 0.480 e. The van der Waals surface area contributed by atoms with Crippen LogP contribution in [-0.4, -0.2) is 51.9 Å². The molecular weight excluding hydrogens is 322 g/mol. The van der Waals surface area contributed by atoms with Crippen LogP contribution in [-0.2, 0) is 20.8 Å². The molecule has 1 unspecified atom stereocenters. The Hall–Kier alpha value is -2.83. The number of benzene rings is 1. The summed E-state index contributed by atoms with van der Waals surface area (Å²) in [5.41, 5.74) is 2.88. The van der Waals surface area contributed by atoms with Gasteiger partial charge < -0.3 is 20.3 Å². The van der Waals surface area contributed by atoms with Crippen molar-refractivity contribution >= 4 is 28.7 Å². The lowest BCUT2D eigenvalue weighted by Crippen LogP contribution is -2.47. The second kappa shape index (κ2) is 7.83. The van der Waals surface area contributed by atoms with E-state index < -0.39 is 12.0 Å². The number of aromatic amines is 1.